The Labute approximate surface area is 97.6 Å². The molecule has 0 aliphatic rings. The number of aromatic nitrogens is 2. The van der Waals surface area contributed by atoms with E-state index in [9.17, 15) is 13.2 Å². The minimum Gasteiger partial charge on any atom is -0.339 e. The third-order valence-corrected chi connectivity index (χ3v) is 2.28. The maximum Gasteiger partial charge on any atom is 0.396 e. The van der Waals surface area contributed by atoms with E-state index in [4.69, 9.17) is 4.52 Å². The molecule has 0 saturated carbocycles. The fourth-order valence-corrected chi connectivity index (χ4v) is 1.48. The van der Waals surface area contributed by atoms with Gasteiger partial charge in [-0.3, -0.25) is 0 Å². The molecule has 4 nitrogen and oxygen atoms in total. The van der Waals surface area contributed by atoms with Crippen LogP contribution in [0.1, 0.15) is 32.0 Å². The van der Waals surface area contributed by atoms with Crippen molar-refractivity contribution in [3.63, 3.8) is 0 Å². The third-order valence-electron chi connectivity index (χ3n) is 2.28. The highest BCUT2D eigenvalue weighted by Crippen LogP contribution is 2.19. The van der Waals surface area contributed by atoms with Crippen LogP contribution in [0.2, 0.25) is 0 Å². The predicted molar refractivity (Wildman–Crippen MR) is 55.5 cm³/mol. The minimum atomic E-state index is -4.30. The zero-order chi connectivity index (χ0) is 12.9. The van der Waals surface area contributed by atoms with Crippen LogP contribution in [0, 0.1) is 0 Å². The summed E-state index contributed by atoms with van der Waals surface area (Å²) in [6, 6.07) is 0.152. The van der Waals surface area contributed by atoms with Gasteiger partial charge in [-0.1, -0.05) is 19.0 Å². The summed E-state index contributed by atoms with van der Waals surface area (Å²) in [5.74, 6) is -0.0594. The molecule has 1 aromatic heterocycles. The van der Waals surface area contributed by atoms with E-state index < -0.39 is 12.6 Å². The van der Waals surface area contributed by atoms with Gasteiger partial charge in [-0.2, -0.15) is 18.2 Å². The Balaban J connectivity index is 2.55. The Bertz CT molecular complexity index is 338. The number of nitrogens with one attached hydrogen (secondary N) is 1. The van der Waals surface area contributed by atoms with Crippen molar-refractivity contribution in [2.24, 2.45) is 0 Å². The standard InChI is InChI=1S/C10H16F3N3O/c1-3-7(14-4-2)5-9-15-8(16-17-9)6-10(11,12)13/h7,14H,3-6H2,1-2H3. The lowest BCUT2D eigenvalue weighted by atomic mass is 10.1. The fraction of sp³-hybridized carbons (Fsp3) is 0.800. The molecule has 0 radical (unpaired) electrons. The number of likely N-dealkylation sites (N-methyl/N-ethyl adjacent to an activating group) is 1. The molecule has 0 aromatic carbocycles. The van der Waals surface area contributed by atoms with Crippen molar-refractivity contribution in [2.75, 3.05) is 6.54 Å². The number of rotatable bonds is 6. The molecule has 1 rings (SSSR count). The average molecular weight is 251 g/mol. The molecule has 98 valence electrons. The summed E-state index contributed by atoms with van der Waals surface area (Å²) >= 11 is 0. The van der Waals surface area contributed by atoms with Gasteiger partial charge in [-0.25, -0.2) is 0 Å². The van der Waals surface area contributed by atoms with Gasteiger partial charge in [-0.05, 0) is 13.0 Å². The topological polar surface area (TPSA) is 51.0 Å². The maximum atomic E-state index is 12.1. The molecule has 0 aliphatic carbocycles. The second-order valence-electron chi connectivity index (χ2n) is 3.76. The average Bonchev–Trinajstić information content (AvgIpc) is 2.62. The van der Waals surface area contributed by atoms with Crippen molar-refractivity contribution in [3.8, 4) is 0 Å². The first kappa shape index (κ1) is 14.0. The Kier molecular flexibility index (Phi) is 4.92. The number of nitrogens with zero attached hydrogens (tertiary/aromatic N) is 2. The highest BCUT2D eigenvalue weighted by Gasteiger charge is 2.30. The minimum absolute atomic E-state index is 0.152. The smallest absolute Gasteiger partial charge is 0.339 e. The third kappa shape index (κ3) is 5.16. The summed E-state index contributed by atoms with van der Waals surface area (Å²) in [6.07, 6.45) is -4.14. The molecule has 0 bridgehead atoms. The molecule has 0 saturated heterocycles. The van der Waals surface area contributed by atoms with Crippen LogP contribution in [0.4, 0.5) is 13.2 Å². The normalized spacial score (nSPS) is 13.9. The second kappa shape index (κ2) is 6.00. The molecule has 0 spiro atoms. The SMILES string of the molecule is CCNC(CC)Cc1nc(CC(F)(F)F)no1. The summed E-state index contributed by atoms with van der Waals surface area (Å²) < 4.78 is 41.0. The van der Waals surface area contributed by atoms with Crippen LogP contribution in [0.3, 0.4) is 0 Å². The van der Waals surface area contributed by atoms with Crippen molar-refractivity contribution in [1.82, 2.24) is 15.5 Å². The first-order valence-corrected chi connectivity index (χ1v) is 5.56. The lowest BCUT2D eigenvalue weighted by molar-refractivity contribution is -0.128. The zero-order valence-corrected chi connectivity index (χ0v) is 9.84. The Morgan fingerprint density at radius 1 is 1.35 bits per heavy atom. The molecule has 0 aliphatic heterocycles. The first-order valence-electron chi connectivity index (χ1n) is 5.56. The summed E-state index contributed by atoms with van der Waals surface area (Å²) in [4.78, 5) is 3.73. The predicted octanol–water partition coefficient (Wildman–Crippen LogP) is 2.10. The quantitative estimate of drug-likeness (QED) is 0.841. The van der Waals surface area contributed by atoms with Crippen molar-refractivity contribution in [1.29, 1.82) is 0 Å². The van der Waals surface area contributed by atoms with Gasteiger partial charge in [0.25, 0.3) is 0 Å². The lowest BCUT2D eigenvalue weighted by Gasteiger charge is -2.12. The van der Waals surface area contributed by atoms with Crippen LogP contribution in [-0.4, -0.2) is 28.9 Å². The van der Waals surface area contributed by atoms with Gasteiger partial charge in [-0.15, -0.1) is 0 Å². The molecule has 1 aromatic rings. The Hall–Kier alpha value is -1.11. The maximum absolute atomic E-state index is 12.1. The molecule has 0 amide bonds. The van der Waals surface area contributed by atoms with Crippen molar-refractivity contribution < 1.29 is 17.7 Å². The summed E-state index contributed by atoms with van der Waals surface area (Å²) in [7, 11) is 0. The molecule has 1 atom stereocenters. The first-order chi connectivity index (χ1) is 7.94. The highest BCUT2D eigenvalue weighted by molar-refractivity contribution is 4.91. The number of alkyl halides is 3. The van der Waals surface area contributed by atoms with Gasteiger partial charge >= 0.3 is 6.18 Å². The van der Waals surface area contributed by atoms with Gasteiger partial charge in [0.1, 0.15) is 6.42 Å². The van der Waals surface area contributed by atoms with E-state index in [1.165, 1.54) is 0 Å². The van der Waals surface area contributed by atoms with Crippen LogP contribution in [0.15, 0.2) is 4.52 Å². The largest absolute Gasteiger partial charge is 0.396 e. The monoisotopic (exact) mass is 251 g/mol. The van der Waals surface area contributed by atoms with Crippen molar-refractivity contribution in [2.45, 2.75) is 45.3 Å². The van der Waals surface area contributed by atoms with Crippen LogP contribution < -0.4 is 5.32 Å². The van der Waals surface area contributed by atoms with Crippen LogP contribution in [-0.2, 0) is 12.8 Å². The molecule has 7 heteroatoms. The second-order valence-corrected chi connectivity index (χ2v) is 3.76. The Morgan fingerprint density at radius 3 is 2.59 bits per heavy atom. The lowest BCUT2D eigenvalue weighted by Crippen LogP contribution is -2.30. The van der Waals surface area contributed by atoms with Crippen molar-refractivity contribution >= 4 is 0 Å². The van der Waals surface area contributed by atoms with E-state index in [1.54, 1.807) is 0 Å². The van der Waals surface area contributed by atoms with E-state index in [2.05, 4.69) is 15.5 Å². The molecule has 1 N–H and O–H groups in total. The van der Waals surface area contributed by atoms with Crippen LogP contribution in [0.25, 0.3) is 0 Å². The zero-order valence-electron chi connectivity index (χ0n) is 9.84. The Morgan fingerprint density at radius 2 is 2.06 bits per heavy atom. The van der Waals surface area contributed by atoms with Crippen LogP contribution in [0.5, 0.6) is 0 Å². The summed E-state index contributed by atoms with van der Waals surface area (Å²) in [5, 5.41) is 6.50. The molecular formula is C10H16F3N3O. The summed E-state index contributed by atoms with van der Waals surface area (Å²) in [6.45, 7) is 4.74. The van der Waals surface area contributed by atoms with Gasteiger partial charge in [0.2, 0.25) is 5.89 Å². The molecule has 1 unspecified atom stereocenters. The summed E-state index contributed by atoms with van der Waals surface area (Å²) in [5.41, 5.74) is 0. The van der Waals surface area contributed by atoms with E-state index in [0.717, 1.165) is 13.0 Å². The van der Waals surface area contributed by atoms with Gasteiger partial charge < -0.3 is 9.84 Å². The van der Waals surface area contributed by atoms with Gasteiger partial charge in [0.05, 0.1) is 0 Å². The van der Waals surface area contributed by atoms with E-state index in [0.29, 0.717) is 6.42 Å². The number of hydrogen-bond donors (Lipinski definition) is 1. The number of halogens is 3. The van der Waals surface area contributed by atoms with E-state index in [1.807, 2.05) is 13.8 Å². The van der Waals surface area contributed by atoms with Crippen molar-refractivity contribution in [3.05, 3.63) is 11.7 Å². The fourth-order valence-electron chi connectivity index (χ4n) is 1.48. The van der Waals surface area contributed by atoms with Gasteiger partial charge in [0.15, 0.2) is 5.82 Å². The van der Waals surface area contributed by atoms with Crippen LogP contribution >= 0.6 is 0 Å². The highest BCUT2D eigenvalue weighted by atomic mass is 19.4. The molecule has 1 heterocycles. The number of hydrogen-bond acceptors (Lipinski definition) is 4. The molecule has 17 heavy (non-hydrogen) atoms. The molecular weight excluding hydrogens is 235 g/mol. The molecule has 0 fully saturated rings. The van der Waals surface area contributed by atoms with E-state index >= 15 is 0 Å². The van der Waals surface area contributed by atoms with E-state index in [-0.39, 0.29) is 17.8 Å². The van der Waals surface area contributed by atoms with Gasteiger partial charge in [0, 0.05) is 12.5 Å².